The molecule has 8 heteroatoms. The number of carbonyl (C=O) groups is 1. The molecule has 1 fully saturated rings. The topological polar surface area (TPSA) is 119 Å². The normalized spacial score (nSPS) is 27.1. The van der Waals surface area contributed by atoms with Gasteiger partial charge in [0.15, 0.2) is 0 Å². The Morgan fingerprint density at radius 3 is 3.06 bits per heavy atom. The van der Waals surface area contributed by atoms with Crippen LogP contribution in [0.4, 0.5) is 0 Å². The molecule has 98 valence electrons. The predicted octanol–water partition coefficient (Wildman–Crippen LogP) is -2.10. The molecule has 0 aliphatic carbocycles. The van der Waals surface area contributed by atoms with E-state index in [0.29, 0.717) is 19.4 Å². The molecule has 8 nitrogen and oxygen atoms in total. The molecule has 0 radical (unpaired) electrons. The zero-order valence-corrected chi connectivity index (χ0v) is 9.54. The SMILES string of the molecule is N[C@H]1C[C@H](n2ccc(=O)[nH]c2=O)O[C@@H]1CNC=O. The maximum Gasteiger partial charge on any atom is 0.330 e. The first-order valence-corrected chi connectivity index (χ1v) is 5.51. The fourth-order valence-corrected chi connectivity index (χ4v) is 1.94. The standard InChI is InChI=1S/C10H14N4O4/c11-6-3-9(18-7(6)4-12-5-15)14-2-1-8(16)13-10(14)17/h1-2,5-7,9H,3-4,11H2,(H,12,15)(H,13,16,17)/t6-,7+,9+/m0/s1. The number of aromatic amines is 1. The van der Waals surface area contributed by atoms with E-state index in [4.69, 9.17) is 10.5 Å². The second-order valence-electron chi connectivity index (χ2n) is 4.07. The second-order valence-corrected chi connectivity index (χ2v) is 4.07. The number of nitrogens with zero attached hydrogens (tertiary/aromatic N) is 1. The summed E-state index contributed by atoms with van der Waals surface area (Å²) in [5, 5.41) is 2.49. The molecule has 1 aromatic rings. The van der Waals surface area contributed by atoms with Crippen LogP contribution in [0.25, 0.3) is 0 Å². The van der Waals surface area contributed by atoms with Crippen LogP contribution in [0.15, 0.2) is 21.9 Å². The summed E-state index contributed by atoms with van der Waals surface area (Å²) in [5.74, 6) is 0. The third-order valence-corrected chi connectivity index (χ3v) is 2.85. The van der Waals surface area contributed by atoms with Crippen molar-refractivity contribution in [1.29, 1.82) is 0 Å². The van der Waals surface area contributed by atoms with E-state index in [2.05, 4.69) is 10.3 Å². The van der Waals surface area contributed by atoms with Gasteiger partial charge < -0.3 is 15.8 Å². The number of nitrogens with one attached hydrogen (secondary N) is 2. The van der Waals surface area contributed by atoms with Gasteiger partial charge in [0.05, 0.1) is 6.10 Å². The van der Waals surface area contributed by atoms with Crippen molar-refractivity contribution >= 4 is 6.41 Å². The Kier molecular flexibility index (Phi) is 3.58. The lowest BCUT2D eigenvalue weighted by Gasteiger charge is -2.15. The maximum atomic E-state index is 11.6. The number of carbonyl (C=O) groups excluding carboxylic acids is 1. The number of H-pyrrole nitrogens is 1. The fraction of sp³-hybridized carbons (Fsp3) is 0.500. The van der Waals surface area contributed by atoms with Gasteiger partial charge in [-0.1, -0.05) is 0 Å². The molecule has 0 unspecified atom stereocenters. The van der Waals surface area contributed by atoms with Crippen LogP contribution in [0.3, 0.4) is 0 Å². The Morgan fingerprint density at radius 1 is 1.61 bits per heavy atom. The van der Waals surface area contributed by atoms with Crippen molar-refractivity contribution < 1.29 is 9.53 Å². The third-order valence-electron chi connectivity index (χ3n) is 2.85. The zero-order valence-electron chi connectivity index (χ0n) is 9.54. The highest BCUT2D eigenvalue weighted by Crippen LogP contribution is 2.25. The number of aromatic nitrogens is 2. The number of rotatable bonds is 4. The Morgan fingerprint density at radius 2 is 2.39 bits per heavy atom. The van der Waals surface area contributed by atoms with E-state index in [1.54, 1.807) is 0 Å². The molecule has 2 rings (SSSR count). The predicted molar refractivity (Wildman–Crippen MR) is 61.9 cm³/mol. The Labute approximate surface area is 102 Å². The molecule has 2 heterocycles. The molecule has 18 heavy (non-hydrogen) atoms. The summed E-state index contributed by atoms with van der Waals surface area (Å²) in [7, 11) is 0. The second kappa shape index (κ2) is 5.15. The monoisotopic (exact) mass is 254 g/mol. The molecular weight excluding hydrogens is 240 g/mol. The average Bonchev–Trinajstić information content (AvgIpc) is 2.68. The van der Waals surface area contributed by atoms with Gasteiger partial charge in [0.2, 0.25) is 6.41 Å². The molecule has 0 saturated carbocycles. The molecule has 3 atom stereocenters. The van der Waals surface area contributed by atoms with Crippen LogP contribution in [-0.2, 0) is 9.53 Å². The Balaban J connectivity index is 2.14. The van der Waals surface area contributed by atoms with Crippen molar-refractivity contribution in [2.75, 3.05) is 6.54 Å². The average molecular weight is 254 g/mol. The lowest BCUT2D eigenvalue weighted by Crippen LogP contribution is -2.38. The van der Waals surface area contributed by atoms with Crippen LogP contribution in [0.5, 0.6) is 0 Å². The number of nitrogens with two attached hydrogens (primary N) is 1. The fourth-order valence-electron chi connectivity index (χ4n) is 1.94. The van der Waals surface area contributed by atoms with E-state index in [9.17, 15) is 14.4 Å². The minimum absolute atomic E-state index is 0.277. The molecule has 0 aromatic carbocycles. The number of hydrogen-bond acceptors (Lipinski definition) is 5. The van der Waals surface area contributed by atoms with Gasteiger partial charge in [-0.3, -0.25) is 19.1 Å². The molecule has 1 aromatic heterocycles. The molecule has 1 aliphatic rings. The Bertz CT molecular complexity index is 537. The van der Waals surface area contributed by atoms with Gasteiger partial charge >= 0.3 is 5.69 Å². The number of hydrogen-bond donors (Lipinski definition) is 3. The van der Waals surface area contributed by atoms with Crippen molar-refractivity contribution in [1.82, 2.24) is 14.9 Å². The van der Waals surface area contributed by atoms with Crippen molar-refractivity contribution in [3.05, 3.63) is 33.1 Å². The van der Waals surface area contributed by atoms with E-state index < -0.39 is 17.5 Å². The number of amides is 1. The first kappa shape index (κ1) is 12.5. The summed E-state index contributed by atoms with van der Waals surface area (Å²) < 4.78 is 6.86. The maximum absolute atomic E-state index is 11.6. The van der Waals surface area contributed by atoms with Crippen LogP contribution in [0.1, 0.15) is 12.6 Å². The highest BCUT2D eigenvalue weighted by atomic mass is 16.5. The largest absolute Gasteiger partial charge is 0.356 e. The summed E-state index contributed by atoms with van der Waals surface area (Å²) in [6, 6.07) is 0.967. The van der Waals surface area contributed by atoms with E-state index in [1.807, 2.05) is 0 Å². The van der Waals surface area contributed by atoms with Crippen LogP contribution >= 0.6 is 0 Å². The van der Waals surface area contributed by atoms with Gasteiger partial charge in [-0.05, 0) is 0 Å². The first-order valence-electron chi connectivity index (χ1n) is 5.51. The minimum Gasteiger partial charge on any atom is -0.356 e. The molecule has 1 aliphatic heterocycles. The molecule has 0 spiro atoms. The summed E-state index contributed by atoms with van der Waals surface area (Å²) in [6.45, 7) is 0.291. The molecule has 1 amide bonds. The van der Waals surface area contributed by atoms with Crippen molar-refractivity contribution in [2.24, 2.45) is 5.73 Å². The quantitative estimate of drug-likeness (QED) is 0.532. The summed E-state index contributed by atoms with van der Waals surface area (Å²) in [6.07, 6.45) is 1.50. The molecule has 0 bridgehead atoms. The van der Waals surface area contributed by atoms with E-state index in [1.165, 1.54) is 16.8 Å². The van der Waals surface area contributed by atoms with Crippen molar-refractivity contribution in [3.63, 3.8) is 0 Å². The highest BCUT2D eigenvalue weighted by molar-refractivity contribution is 5.45. The summed E-state index contributed by atoms with van der Waals surface area (Å²) >= 11 is 0. The lowest BCUT2D eigenvalue weighted by molar-refractivity contribution is -0.110. The van der Waals surface area contributed by atoms with Crippen LogP contribution in [0, 0.1) is 0 Å². The van der Waals surface area contributed by atoms with Crippen molar-refractivity contribution in [2.45, 2.75) is 24.8 Å². The van der Waals surface area contributed by atoms with Gasteiger partial charge in [-0.25, -0.2) is 4.79 Å². The summed E-state index contributed by atoms with van der Waals surface area (Å²) in [5.41, 5.74) is 4.86. The van der Waals surface area contributed by atoms with Gasteiger partial charge in [-0.2, -0.15) is 0 Å². The van der Waals surface area contributed by atoms with E-state index >= 15 is 0 Å². The zero-order chi connectivity index (χ0) is 13.1. The van der Waals surface area contributed by atoms with Crippen LogP contribution < -0.4 is 22.3 Å². The Hall–Kier alpha value is -1.93. The highest BCUT2D eigenvalue weighted by Gasteiger charge is 2.33. The minimum atomic E-state index is -0.538. The van der Waals surface area contributed by atoms with E-state index in [-0.39, 0.29) is 12.1 Å². The van der Waals surface area contributed by atoms with Gasteiger partial charge in [0.1, 0.15) is 6.23 Å². The lowest BCUT2D eigenvalue weighted by atomic mass is 10.1. The smallest absolute Gasteiger partial charge is 0.330 e. The van der Waals surface area contributed by atoms with Crippen LogP contribution in [-0.4, -0.2) is 34.7 Å². The van der Waals surface area contributed by atoms with Crippen LogP contribution in [0.2, 0.25) is 0 Å². The molecule has 4 N–H and O–H groups in total. The third kappa shape index (κ3) is 2.49. The van der Waals surface area contributed by atoms with Gasteiger partial charge in [-0.15, -0.1) is 0 Å². The number of ether oxygens (including phenoxy) is 1. The van der Waals surface area contributed by atoms with E-state index in [0.717, 1.165) is 0 Å². The van der Waals surface area contributed by atoms with Gasteiger partial charge in [0.25, 0.3) is 5.56 Å². The molecule has 1 saturated heterocycles. The first-order chi connectivity index (χ1) is 8.61. The van der Waals surface area contributed by atoms with Gasteiger partial charge in [0, 0.05) is 31.3 Å². The summed E-state index contributed by atoms with van der Waals surface area (Å²) in [4.78, 5) is 34.9. The van der Waals surface area contributed by atoms with Crippen molar-refractivity contribution in [3.8, 4) is 0 Å². The molecular formula is C10H14N4O4.